The standard InChI is InChI=1S/C9H4BrF2NO/c10-8-6(12)3-5(11)4-1-2-7(14)13-9(4)8/h1-3H,(H,13,14). The van der Waals surface area contributed by atoms with E-state index in [0.29, 0.717) is 0 Å². The maximum absolute atomic E-state index is 13.2. The summed E-state index contributed by atoms with van der Waals surface area (Å²) in [5, 5.41) is 0.179. The summed E-state index contributed by atoms with van der Waals surface area (Å²) < 4.78 is 26.3. The van der Waals surface area contributed by atoms with Crippen LogP contribution in [0.2, 0.25) is 0 Å². The van der Waals surface area contributed by atoms with Crippen LogP contribution in [0.1, 0.15) is 0 Å². The zero-order valence-corrected chi connectivity index (χ0v) is 8.36. The van der Waals surface area contributed by atoms with Crippen molar-refractivity contribution in [1.29, 1.82) is 0 Å². The van der Waals surface area contributed by atoms with Gasteiger partial charge in [-0.2, -0.15) is 0 Å². The van der Waals surface area contributed by atoms with Crippen molar-refractivity contribution in [3.63, 3.8) is 0 Å². The van der Waals surface area contributed by atoms with Crippen molar-refractivity contribution in [1.82, 2.24) is 4.98 Å². The largest absolute Gasteiger partial charge is 0.321 e. The summed E-state index contributed by atoms with van der Waals surface area (Å²) in [4.78, 5) is 13.3. The summed E-state index contributed by atoms with van der Waals surface area (Å²) in [7, 11) is 0. The zero-order valence-electron chi connectivity index (χ0n) is 6.77. The topological polar surface area (TPSA) is 32.9 Å². The Kier molecular flexibility index (Phi) is 2.11. The molecular formula is C9H4BrF2NO. The van der Waals surface area contributed by atoms with Crippen molar-refractivity contribution >= 4 is 26.8 Å². The number of hydrogen-bond donors (Lipinski definition) is 1. The van der Waals surface area contributed by atoms with Gasteiger partial charge in [0.25, 0.3) is 0 Å². The van der Waals surface area contributed by atoms with Gasteiger partial charge in [0, 0.05) is 17.5 Å². The van der Waals surface area contributed by atoms with Crippen molar-refractivity contribution in [2.75, 3.05) is 0 Å². The zero-order chi connectivity index (χ0) is 10.3. The Morgan fingerprint density at radius 1 is 1.21 bits per heavy atom. The van der Waals surface area contributed by atoms with Crippen LogP contribution < -0.4 is 5.56 Å². The SMILES string of the molecule is O=c1ccc2c(F)cc(F)c(Br)c2[nH]1. The molecule has 72 valence electrons. The van der Waals surface area contributed by atoms with Gasteiger partial charge in [-0.05, 0) is 22.0 Å². The van der Waals surface area contributed by atoms with E-state index in [0.717, 1.165) is 6.07 Å². The fourth-order valence-electron chi connectivity index (χ4n) is 1.22. The summed E-state index contributed by atoms with van der Waals surface area (Å²) in [6, 6.07) is 3.27. The molecule has 14 heavy (non-hydrogen) atoms. The molecule has 0 saturated carbocycles. The fraction of sp³-hybridized carbons (Fsp3) is 0. The quantitative estimate of drug-likeness (QED) is 0.725. The van der Waals surface area contributed by atoms with E-state index >= 15 is 0 Å². The minimum Gasteiger partial charge on any atom is -0.321 e. The highest BCUT2D eigenvalue weighted by Gasteiger charge is 2.10. The molecule has 0 aliphatic carbocycles. The van der Waals surface area contributed by atoms with Crippen LogP contribution in [0.25, 0.3) is 10.9 Å². The lowest BCUT2D eigenvalue weighted by molar-refractivity contribution is 0.587. The molecule has 0 unspecified atom stereocenters. The van der Waals surface area contributed by atoms with Gasteiger partial charge in [-0.3, -0.25) is 4.79 Å². The molecular weight excluding hydrogens is 256 g/mol. The third-order valence-corrected chi connectivity index (χ3v) is 2.63. The molecule has 0 aliphatic heterocycles. The number of benzene rings is 1. The molecule has 1 heterocycles. The lowest BCUT2D eigenvalue weighted by atomic mass is 10.2. The van der Waals surface area contributed by atoms with Crippen LogP contribution in [0, 0.1) is 11.6 Å². The lowest BCUT2D eigenvalue weighted by Gasteiger charge is -2.02. The molecule has 1 aromatic carbocycles. The second-order valence-corrected chi connectivity index (χ2v) is 3.56. The molecule has 0 radical (unpaired) electrons. The van der Waals surface area contributed by atoms with Gasteiger partial charge in [0.1, 0.15) is 11.6 Å². The van der Waals surface area contributed by atoms with Crippen molar-refractivity contribution in [2.45, 2.75) is 0 Å². The molecule has 1 aromatic heterocycles. The van der Waals surface area contributed by atoms with Crippen LogP contribution in [0.4, 0.5) is 8.78 Å². The molecule has 0 atom stereocenters. The van der Waals surface area contributed by atoms with E-state index in [1.165, 1.54) is 12.1 Å². The molecule has 0 saturated heterocycles. The van der Waals surface area contributed by atoms with E-state index in [1.54, 1.807) is 0 Å². The molecule has 0 spiro atoms. The van der Waals surface area contributed by atoms with Gasteiger partial charge in [0.2, 0.25) is 5.56 Å². The normalized spacial score (nSPS) is 10.8. The molecule has 0 bridgehead atoms. The lowest BCUT2D eigenvalue weighted by Crippen LogP contribution is -2.04. The minimum atomic E-state index is -0.739. The first-order valence-electron chi connectivity index (χ1n) is 3.76. The summed E-state index contributed by atoms with van der Waals surface area (Å²) in [6.07, 6.45) is 0. The van der Waals surface area contributed by atoms with Crippen LogP contribution >= 0.6 is 15.9 Å². The summed E-state index contributed by atoms with van der Waals surface area (Å²) in [5.74, 6) is -1.44. The highest BCUT2D eigenvalue weighted by atomic mass is 79.9. The summed E-state index contributed by atoms with van der Waals surface area (Å²) in [5.41, 5.74) is -0.266. The van der Waals surface area contributed by atoms with E-state index in [2.05, 4.69) is 20.9 Å². The van der Waals surface area contributed by atoms with Crippen molar-refractivity contribution in [3.05, 3.63) is 44.7 Å². The van der Waals surface area contributed by atoms with Gasteiger partial charge >= 0.3 is 0 Å². The number of aromatic amines is 1. The van der Waals surface area contributed by atoms with E-state index in [-0.39, 0.29) is 15.4 Å². The van der Waals surface area contributed by atoms with Gasteiger partial charge in [0.05, 0.1) is 9.99 Å². The Bertz CT molecular complexity index is 564. The number of nitrogens with one attached hydrogen (secondary N) is 1. The molecule has 0 amide bonds. The molecule has 0 aliphatic rings. The first-order chi connectivity index (χ1) is 6.59. The van der Waals surface area contributed by atoms with E-state index < -0.39 is 17.2 Å². The van der Waals surface area contributed by atoms with Crippen LogP contribution in [0.3, 0.4) is 0 Å². The van der Waals surface area contributed by atoms with Crippen LogP contribution in [-0.4, -0.2) is 4.98 Å². The second-order valence-electron chi connectivity index (χ2n) is 2.77. The van der Waals surface area contributed by atoms with Gasteiger partial charge < -0.3 is 4.98 Å². The van der Waals surface area contributed by atoms with Crippen LogP contribution in [0.15, 0.2) is 27.5 Å². The molecule has 2 rings (SSSR count). The highest BCUT2D eigenvalue weighted by molar-refractivity contribution is 9.10. The van der Waals surface area contributed by atoms with Crippen molar-refractivity contribution in [2.24, 2.45) is 0 Å². The number of rotatable bonds is 0. The molecule has 0 fully saturated rings. The molecule has 1 N–H and O–H groups in total. The number of hydrogen-bond acceptors (Lipinski definition) is 1. The van der Waals surface area contributed by atoms with Gasteiger partial charge in [0.15, 0.2) is 0 Å². The van der Waals surface area contributed by atoms with Crippen LogP contribution in [0.5, 0.6) is 0 Å². The maximum atomic E-state index is 13.2. The Balaban J connectivity index is 3.02. The van der Waals surface area contributed by atoms with Crippen LogP contribution in [-0.2, 0) is 0 Å². The van der Waals surface area contributed by atoms with E-state index in [1.807, 2.05) is 0 Å². The Morgan fingerprint density at radius 2 is 1.93 bits per heavy atom. The minimum absolute atomic E-state index is 0.0617. The third kappa shape index (κ3) is 1.33. The van der Waals surface area contributed by atoms with Crippen molar-refractivity contribution in [3.8, 4) is 0 Å². The summed E-state index contributed by atoms with van der Waals surface area (Å²) in [6.45, 7) is 0. The average molecular weight is 260 g/mol. The number of fused-ring (bicyclic) bond motifs is 1. The highest BCUT2D eigenvalue weighted by Crippen LogP contribution is 2.26. The molecule has 2 aromatic rings. The Morgan fingerprint density at radius 3 is 2.64 bits per heavy atom. The third-order valence-electron chi connectivity index (χ3n) is 1.86. The van der Waals surface area contributed by atoms with Crippen molar-refractivity contribution < 1.29 is 8.78 Å². The van der Waals surface area contributed by atoms with Gasteiger partial charge in [-0.1, -0.05) is 0 Å². The monoisotopic (exact) mass is 259 g/mol. The predicted octanol–water partition coefficient (Wildman–Crippen LogP) is 2.57. The Hall–Kier alpha value is -1.23. The summed E-state index contributed by atoms with van der Waals surface area (Å²) >= 11 is 2.94. The van der Waals surface area contributed by atoms with Gasteiger partial charge in [-0.15, -0.1) is 0 Å². The number of pyridine rings is 1. The smallest absolute Gasteiger partial charge is 0.248 e. The predicted molar refractivity (Wildman–Crippen MR) is 52.2 cm³/mol. The second kappa shape index (κ2) is 3.16. The fourth-order valence-corrected chi connectivity index (χ4v) is 1.65. The van der Waals surface area contributed by atoms with E-state index in [9.17, 15) is 13.6 Å². The average Bonchev–Trinajstić information content (AvgIpc) is 2.14. The first kappa shape index (κ1) is 9.33. The molecule has 2 nitrogen and oxygen atoms in total. The number of H-pyrrole nitrogens is 1. The molecule has 5 heteroatoms. The maximum Gasteiger partial charge on any atom is 0.248 e. The number of halogens is 3. The van der Waals surface area contributed by atoms with Gasteiger partial charge in [-0.25, -0.2) is 8.78 Å². The first-order valence-corrected chi connectivity index (χ1v) is 4.55. The number of aromatic nitrogens is 1. The Labute approximate surface area is 85.7 Å². The van der Waals surface area contributed by atoms with E-state index in [4.69, 9.17) is 0 Å².